The summed E-state index contributed by atoms with van der Waals surface area (Å²) in [7, 11) is 0. The lowest BCUT2D eigenvalue weighted by molar-refractivity contribution is 0.239. The van der Waals surface area contributed by atoms with E-state index < -0.39 is 0 Å². The van der Waals surface area contributed by atoms with Gasteiger partial charge in [-0.25, -0.2) is 0 Å². The first-order valence-corrected chi connectivity index (χ1v) is 8.10. The summed E-state index contributed by atoms with van der Waals surface area (Å²) in [5.74, 6) is 0. The minimum atomic E-state index is -0.295. The third-order valence-corrected chi connectivity index (χ3v) is 4.69. The lowest BCUT2D eigenvalue weighted by atomic mass is 9.96. The molecule has 2 fully saturated rings. The number of hydrogen-bond donors (Lipinski definition) is 1. The van der Waals surface area contributed by atoms with Gasteiger partial charge in [-0.1, -0.05) is 6.92 Å². The smallest absolute Gasteiger partial charge is 0.104 e. The van der Waals surface area contributed by atoms with Crippen molar-refractivity contribution in [1.82, 2.24) is 10.2 Å². The standard InChI is InChI=1S/C16H29N3/c1-3-15-7-6-12-19(15)11-5-4-10-16(2,13-17)18-14-8-9-14/h14-15,18H,3-12H2,1-2H3. The third-order valence-electron chi connectivity index (χ3n) is 4.69. The van der Waals surface area contributed by atoms with Crippen LogP contribution in [0.1, 0.15) is 65.2 Å². The molecule has 0 aromatic heterocycles. The van der Waals surface area contributed by atoms with Gasteiger partial charge in [0.15, 0.2) is 0 Å². The zero-order valence-corrected chi connectivity index (χ0v) is 12.6. The lowest BCUT2D eigenvalue weighted by Crippen LogP contribution is -2.42. The Kier molecular flexibility index (Phi) is 5.24. The minimum Gasteiger partial charge on any atom is -0.300 e. The average molecular weight is 263 g/mol. The van der Waals surface area contributed by atoms with Gasteiger partial charge in [-0.15, -0.1) is 0 Å². The Morgan fingerprint density at radius 1 is 1.32 bits per heavy atom. The molecule has 1 aliphatic carbocycles. The fraction of sp³-hybridized carbons (Fsp3) is 0.938. The molecule has 1 saturated heterocycles. The van der Waals surface area contributed by atoms with Crippen LogP contribution in [0.5, 0.6) is 0 Å². The van der Waals surface area contributed by atoms with Gasteiger partial charge in [0.2, 0.25) is 0 Å². The molecular weight excluding hydrogens is 234 g/mol. The van der Waals surface area contributed by atoms with Gasteiger partial charge < -0.3 is 4.90 Å². The highest BCUT2D eigenvalue weighted by Crippen LogP contribution is 2.25. The summed E-state index contributed by atoms with van der Waals surface area (Å²) in [5, 5.41) is 12.8. The van der Waals surface area contributed by atoms with E-state index in [2.05, 4.69) is 30.1 Å². The van der Waals surface area contributed by atoms with Crippen LogP contribution in [0, 0.1) is 11.3 Å². The van der Waals surface area contributed by atoms with Gasteiger partial charge in [-0.05, 0) is 71.4 Å². The van der Waals surface area contributed by atoms with Gasteiger partial charge in [0.1, 0.15) is 5.54 Å². The Morgan fingerprint density at radius 3 is 2.74 bits per heavy atom. The van der Waals surface area contributed by atoms with Crippen molar-refractivity contribution >= 4 is 0 Å². The Hall–Kier alpha value is -0.590. The van der Waals surface area contributed by atoms with Crippen LogP contribution < -0.4 is 5.32 Å². The first-order valence-electron chi connectivity index (χ1n) is 8.10. The van der Waals surface area contributed by atoms with Crippen molar-refractivity contribution in [2.24, 2.45) is 0 Å². The monoisotopic (exact) mass is 263 g/mol. The van der Waals surface area contributed by atoms with Gasteiger partial charge in [0, 0.05) is 12.1 Å². The number of nitrogens with one attached hydrogen (secondary N) is 1. The van der Waals surface area contributed by atoms with E-state index in [9.17, 15) is 5.26 Å². The quantitative estimate of drug-likeness (QED) is 0.684. The van der Waals surface area contributed by atoms with Crippen LogP contribution in [0.3, 0.4) is 0 Å². The summed E-state index contributed by atoms with van der Waals surface area (Å²) in [6, 6.07) is 3.92. The van der Waals surface area contributed by atoms with Crippen molar-refractivity contribution in [2.75, 3.05) is 13.1 Å². The Bertz CT molecular complexity index is 318. The van der Waals surface area contributed by atoms with E-state index in [1.165, 1.54) is 51.6 Å². The predicted octanol–water partition coefficient (Wildman–Crippen LogP) is 3.07. The molecule has 19 heavy (non-hydrogen) atoms. The summed E-state index contributed by atoms with van der Waals surface area (Å²) in [4.78, 5) is 2.65. The predicted molar refractivity (Wildman–Crippen MR) is 78.9 cm³/mol. The van der Waals surface area contributed by atoms with Crippen LogP contribution in [0.25, 0.3) is 0 Å². The maximum absolute atomic E-state index is 9.33. The van der Waals surface area contributed by atoms with E-state index in [1.54, 1.807) is 0 Å². The van der Waals surface area contributed by atoms with Gasteiger partial charge in [0.25, 0.3) is 0 Å². The third kappa shape index (κ3) is 4.47. The van der Waals surface area contributed by atoms with Crippen molar-refractivity contribution in [3.63, 3.8) is 0 Å². The maximum Gasteiger partial charge on any atom is 0.104 e. The molecule has 2 unspecified atom stereocenters. The van der Waals surface area contributed by atoms with Gasteiger partial charge in [-0.3, -0.25) is 5.32 Å². The fourth-order valence-electron chi connectivity index (χ4n) is 3.28. The molecule has 0 aromatic rings. The largest absolute Gasteiger partial charge is 0.300 e. The highest BCUT2D eigenvalue weighted by atomic mass is 15.2. The molecule has 1 saturated carbocycles. The SMILES string of the molecule is CCC1CCCN1CCCCC(C)(C#N)NC1CC1. The van der Waals surface area contributed by atoms with Crippen LogP contribution in [0.15, 0.2) is 0 Å². The summed E-state index contributed by atoms with van der Waals surface area (Å²) in [5.41, 5.74) is -0.295. The Balaban J connectivity index is 1.63. The van der Waals surface area contributed by atoms with Crippen LogP contribution in [-0.4, -0.2) is 35.6 Å². The summed E-state index contributed by atoms with van der Waals surface area (Å²) in [6.07, 6.45) is 9.94. The molecule has 2 atom stereocenters. The number of likely N-dealkylation sites (tertiary alicyclic amines) is 1. The minimum absolute atomic E-state index is 0.295. The molecular formula is C16H29N3. The van der Waals surface area contributed by atoms with Crippen molar-refractivity contribution in [2.45, 2.75) is 82.8 Å². The van der Waals surface area contributed by atoms with E-state index in [0.29, 0.717) is 6.04 Å². The van der Waals surface area contributed by atoms with Crippen molar-refractivity contribution in [3.8, 4) is 6.07 Å². The highest BCUT2D eigenvalue weighted by molar-refractivity contribution is 5.06. The second-order valence-electron chi connectivity index (χ2n) is 6.56. The molecule has 108 valence electrons. The average Bonchev–Trinajstić information content (AvgIpc) is 3.10. The second kappa shape index (κ2) is 6.72. The lowest BCUT2D eigenvalue weighted by Gasteiger charge is -2.25. The van der Waals surface area contributed by atoms with E-state index in [-0.39, 0.29) is 5.54 Å². The topological polar surface area (TPSA) is 39.1 Å². The molecule has 0 radical (unpaired) electrons. The fourth-order valence-corrected chi connectivity index (χ4v) is 3.28. The van der Waals surface area contributed by atoms with Crippen LogP contribution in [0.2, 0.25) is 0 Å². The van der Waals surface area contributed by atoms with Crippen molar-refractivity contribution in [1.29, 1.82) is 5.26 Å². The molecule has 0 aromatic carbocycles. The van der Waals surface area contributed by atoms with Crippen LogP contribution >= 0.6 is 0 Å². The Labute approximate surface area is 118 Å². The number of hydrogen-bond acceptors (Lipinski definition) is 3. The molecule has 0 spiro atoms. The van der Waals surface area contributed by atoms with Crippen molar-refractivity contribution in [3.05, 3.63) is 0 Å². The maximum atomic E-state index is 9.33. The summed E-state index contributed by atoms with van der Waals surface area (Å²) >= 11 is 0. The van der Waals surface area contributed by atoms with E-state index >= 15 is 0 Å². The summed E-state index contributed by atoms with van der Waals surface area (Å²) < 4.78 is 0. The number of nitrogens with zero attached hydrogens (tertiary/aromatic N) is 2. The van der Waals surface area contributed by atoms with Crippen LogP contribution in [0.4, 0.5) is 0 Å². The second-order valence-corrected chi connectivity index (χ2v) is 6.56. The molecule has 2 rings (SSSR count). The molecule has 0 amide bonds. The zero-order valence-electron chi connectivity index (χ0n) is 12.6. The Morgan fingerprint density at radius 2 is 2.11 bits per heavy atom. The van der Waals surface area contributed by atoms with Gasteiger partial charge in [-0.2, -0.15) is 5.26 Å². The molecule has 1 N–H and O–H groups in total. The molecule has 1 aliphatic heterocycles. The zero-order chi connectivity index (χ0) is 13.7. The molecule has 0 bridgehead atoms. The summed E-state index contributed by atoms with van der Waals surface area (Å²) in [6.45, 7) is 6.88. The number of nitriles is 1. The van der Waals surface area contributed by atoms with Crippen LogP contribution in [-0.2, 0) is 0 Å². The van der Waals surface area contributed by atoms with E-state index in [4.69, 9.17) is 0 Å². The van der Waals surface area contributed by atoms with Gasteiger partial charge in [0.05, 0.1) is 6.07 Å². The van der Waals surface area contributed by atoms with E-state index in [1.807, 2.05) is 0 Å². The molecule has 1 heterocycles. The number of unbranched alkanes of at least 4 members (excludes halogenated alkanes) is 1. The first-order chi connectivity index (χ1) is 9.17. The normalized spacial score (nSPS) is 27.1. The van der Waals surface area contributed by atoms with Crippen molar-refractivity contribution < 1.29 is 0 Å². The molecule has 3 nitrogen and oxygen atoms in total. The van der Waals surface area contributed by atoms with E-state index in [0.717, 1.165) is 18.9 Å². The van der Waals surface area contributed by atoms with Gasteiger partial charge >= 0.3 is 0 Å². The first kappa shape index (κ1) is 14.8. The number of rotatable bonds is 8. The molecule has 2 aliphatic rings. The molecule has 3 heteroatoms. The highest BCUT2D eigenvalue weighted by Gasteiger charge is 2.32.